The van der Waals surface area contributed by atoms with E-state index in [9.17, 15) is 0 Å². The molecule has 0 N–H and O–H groups in total. The summed E-state index contributed by atoms with van der Waals surface area (Å²) in [5.74, 6) is 1.93. The van der Waals surface area contributed by atoms with Gasteiger partial charge < -0.3 is 4.42 Å². The van der Waals surface area contributed by atoms with Gasteiger partial charge in [-0.15, -0.1) is 0 Å². The molecule has 8 aromatic carbocycles. The van der Waals surface area contributed by atoms with Crippen molar-refractivity contribution in [2.45, 2.75) is 40.0 Å². The molecule has 0 unspecified atom stereocenters. The van der Waals surface area contributed by atoms with Crippen LogP contribution in [0.2, 0.25) is 0 Å². The Morgan fingerprint density at radius 1 is 0.377 bits per heavy atom. The largest absolute Gasteiger partial charge is 0.456 e. The highest BCUT2D eigenvalue weighted by molar-refractivity contribution is 6.12. The smallest absolute Gasteiger partial charge is 0.164 e. The van der Waals surface area contributed by atoms with Gasteiger partial charge in [0, 0.05) is 32.9 Å². The minimum atomic E-state index is -0.0935. The maximum absolute atomic E-state index is 6.13. The van der Waals surface area contributed by atoms with E-state index in [1.54, 1.807) is 0 Å². The topological polar surface area (TPSA) is 51.8 Å². The SMILES string of the molecule is Cc1ccc(-c2ccccc2)cc1C(C)(C)c1cc(-c2ccccc2)ccc1C.Cc1ccc2oc3cccc(-c4nc(-c5ccccc5)nc(-c5ccccc5)n4)c3c2c1. The molecule has 2 heterocycles. The highest BCUT2D eigenvalue weighted by Crippen LogP contribution is 2.40. The average Bonchev–Trinajstić information content (AvgIpc) is 3.68. The first-order valence-corrected chi connectivity index (χ1v) is 20.9. The minimum Gasteiger partial charge on any atom is -0.456 e. The van der Waals surface area contributed by atoms with E-state index in [0.29, 0.717) is 17.5 Å². The van der Waals surface area contributed by atoms with E-state index in [0.717, 1.165) is 38.6 Å². The molecular weight excluding hydrogens is 743 g/mol. The first-order chi connectivity index (χ1) is 29.7. The molecule has 10 aromatic rings. The predicted octanol–water partition coefficient (Wildman–Crippen LogP) is 15.0. The summed E-state index contributed by atoms with van der Waals surface area (Å²) in [6.07, 6.45) is 0. The van der Waals surface area contributed by atoms with Gasteiger partial charge in [0.05, 0.1) is 0 Å². The van der Waals surface area contributed by atoms with Crippen LogP contribution in [0.4, 0.5) is 0 Å². The highest BCUT2D eigenvalue weighted by atomic mass is 16.3. The predicted molar refractivity (Wildman–Crippen MR) is 254 cm³/mol. The molecule has 4 nitrogen and oxygen atoms in total. The first kappa shape index (κ1) is 39.1. The molecule has 0 atom stereocenters. The molecule has 0 aliphatic carbocycles. The standard InChI is InChI=1S/C29H28.C28H19N3O/c1-21-15-17-25(23-11-7-5-8-12-23)19-27(21)29(3,4)28-20-26(18-16-22(28)2)24-13-9-6-10-14-24;1-18-15-16-23-22(17-18)25-21(13-8-14-24(25)32-23)28-30-26(19-9-4-2-5-10-19)29-27(31-28)20-11-6-3-7-12-20/h5-20H,1-4H3;2-17H,1H3. The summed E-state index contributed by atoms with van der Waals surface area (Å²) < 4.78 is 6.13. The van der Waals surface area contributed by atoms with E-state index >= 15 is 0 Å². The summed E-state index contributed by atoms with van der Waals surface area (Å²) in [6.45, 7) is 11.2. The number of furan rings is 1. The highest BCUT2D eigenvalue weighted by Gasteiger charge is 2.27. The average molecular weight is 790 g/mol. The molecule has 296 valence electrons. The van der Waals surface area contributed by atoms with Crippen molar-refractivity contribution >= 4 is 21.9 Å². The quantitative estimate of drug-likeness (QED) is 0.161. The van der Waals surface area contributed by atoms with Crippen LogP contribution in [-0.2, 0) is 5.41 Å². The Labute approximate surface area is 358 Å². The number of aromatic nitrogens is 3. The molecule has 0 aliphatic rings. The van der Waals surface area contributed by atoms with Gasteiger partial charge >= 0.3 is 0 Å². The molecule has 0 fully saturated rings. The lowest BCUT2D eigenvalue weighted by Crippen LogP contribution is -2.22. The summed E-state index contributed by atoms with van der Waals surface area (Å²) in [6, 6.07) is 67.3. The molecule has 0 saturated carbocycles. The summed E-state index contributed by atoms with van der Waals surface area (Å²) in [4.78, 5) is 14.6. The van der Waals surface area contributed by atoms with E-state index in [1.807, 2.05) is 78.9 Å². The minimum absolute atomic E-state index is 0.0935. The Hall–Kier alpha value is -7.43. The van der Waals surface area contributed by atoms with Crippen molar-refractivity contribution in [3.63, 3.8) is 0 Å². The molecule has 0 saturated heterocycles. The van der Waals surface area contributed by atoms with Crippen molar-refractivity contribution in [3.05, 3.63) is 222 Å². The van der Waals surface area contributed by atoms with Crippen LogP contribution in [-0.4, -0.2) is 15.0 Å². The Kier molecular flexibility index (Phi) is 10.7. The van der Waals surface area contributed by atoms with Gasteiger partial charge in [-0.3, -0.25) is 0 Å². The third-order valence-electron chi connectivity index (χ3n) is 11.6. The first-order valence-electron chi connectivity index (χ1n) is 20.9. The molecule has 61 heavy (non-hydrogen) atoms. The van der Waals surface area contributed by atoms with E-state index in [1.165, 1.54) is 50.1 Å². The van der Waals surface area contributed by atoms with Crippen molar-refractivity contribution in [2.75, 3.05) is 0 Å². The molecule has 0 spiro atoms. The van der Waals surface area contributed by atoms with E-state index in [-0.39, 0.29) is 5.41 Å². The number of rotatable bonds is 7. The lowest BCUT2D eigenvalue weighted by Gasteiger charge is -2.31. The van der Waals surface area contributed by atoms with Crippen molar-refractivity contribution in [1.29, 1.82) is 0 Å². The number of benzene rings is 8. The number of fused-ring (bicyclic) bond motifs is 3. The number of nitrogens with zero attached hydrogens (tertiary/aromatic N) is 3. The molecular formula is C57H47N3O. The van der Waals surface area contributed by atoms with Gasteiger partial charge in [0.1, 0.15) is 11.2 Å². The second kappa shape index (κ2) is 16.7. The zero-order valence-electron chi connectivity index (χ0n) is 35.2. The van der Waals surface area contributed by atoms with Crippen LogP contribution in [0.3, 0.4) is 0 Å². The van der Waals surface area contributed by atoms with Gasteiger partial charge in [0.25, 0.3) is 0 Å². The Balaban J connectivity index is 0.000000157. The summed E-state index contributed by atoms with van der Waals surface area (Å²) in [7, 11) is 0. The molecule has 0 bridgehead atoms. The summed E-state index contributed by atoms with van der Waals surface area (Å²) in [5, 5.41) is 2.09. The normalized spacial score (nSPS) is 11.4. The van der Waals surface area contributed by atoms with Crippen LogP contribution in [0.15, 0.2) is 199 Å². The second-order valence-electron chi connectivity index (χ2n) is 16.2. The fourth-order valence-electron chi connectivity index (χ4n) is 8.41. The maximum atomic E-state index is 6.13. The maximum Gasteiger partial charge on any atom is 0.164 e. The van der Waals surface area contributed by atoms with Gasteiger partial charge in [-0.25, -0.2) is 15.0 Å². The summed E-state index contributed by atoms with van der Waals surface area (Å²) in [5.41, 5.74) is 16.1. The molecule has 10 rings (SSSR count). The van der Waals surface area contributed by atoms with Crippen molar-refractivity contribution in [1.82, 2.24) is 15.0 Å². The fourth-order valence-corrected chi connectivity index (χ4v) is 8.41. The Bertz CT molecular complexity index is 2970. The van der Waals surface area contributed by atoms with Crippen LogP contribution in [0, 0.1) is 20.8 Å². The van der Waals surface area contributed by atoms with E-state index in [2.05, 4.69) is 150 Å². The zero-order chi connectivity index (χ0) is 41.9. The monoisotopic (exact) mass is 789 g/mol. The zero-order valence-corrected chi connectivity index (χ0v) is 35.2. The van der Waals surface area contributed by atoms with Gasteiger partial charge in [0.15, 0.2) is 17.5 Å². The fraction of sp³-hybridized carbons (Fsp3) is 0.105. The van der Waals surface area contributed by atoms with Gasteiger partial charge in [-0.05, 0) is 83.5 Å². The van der Waals surface area contributed by atoms with Crippen LogP contribution in [0.25, 0.3) is 78.4 Å². The number of aryl methyl sites for hydroxylation is 3. The van der Waals surface area contributed by atoms with Gasteiger partial charge in [-0.1, -0.05) is 195 Å². The molecule has 0 radical (unpaired) electrons. The summed E-state index contributed by atoms with van der Waals surface area (Å²) >= 11 is 0. The molecule has 2 aromatic heterocycles. The Morgan fingerprint density at radius 3 is 1.33 bits per heavy atom. The molecule has 0 aliphatic heterocycles. The lowest BCUT2D eigenvalue weighted by atomic mass is 9.73. The van der Waals surface area contributed by atoms with Crippen LogP contribution < -0.4 is 0 Å². The third kappa shape index (κ3) is 8.01. The molecule has 4 heteroatoms. The van der Waals surface area contributed by atoms with Crippen molar-refractivity contribution < 1.29 is 4.42 Å². The van der Waals surface area contributed by atoms with Crippen molar-refractivity contribution in [2.24, 2.45) is 0 Å². The number of hydrogen-bond acceptors (Lipinski definition) is 4. The van der Waals surface area contributed by atoms with Crippen LogP contribution in [0.5, 0.6) is 0 Å². The van der Waals surface area contributed by atoms with E-state index < -0.39 is 0 Å². The van der Waals surface area contributed by atoms with Gasteiger partial charge in [0.2, 0.25) is 0 Å². The van der Waals surface area contributed by atoms with Crippen LogP contribution in [0.1, 0.15) is 41.7 Å². The third-order valence-corrected chi connectivity index (χ3v) is 11.6. The van der Waals surface area contributed by atoms with Crippen LogP contribution >= 0.6 is 0 Å². The number of hydrogen-bond donors (Lipinski definition) is 0. The molecule has 0 amide bonds. The van der Waals surface area contributed by atoms with E-state index in [4.69, 9.17) is 19.4 Å². The second-order valence-corrected chi connectivity index (χ2v) is 16.2. The van der Waals surface area contributed by atoms with Crippen molar-refractivity contribution in [3.8, 4) is 56.4 Å². The lowest BCUT2D eigenvalue weighted by molar-refractivity contribution is 0.632. The van der Waals surface area contributed by atoms with Gasteiger partial charge in [-0.2, -0.15) is 0 Å². The Morgan fingerprint density at radius 2 is 0.836 bits per heavy atom.